The molecule has 0 aromatic heterocycles. The predicted octanol–water partition coefficient (Wildman–Crippen LogP) is 2.86. The van der Waals surface area contributed by atoms with Crippen LogP contribution in [0.2, 0.25) is 5.02 Å². The van der Waals surface area contributed by atoms with Gasteiger partial charge in [0, 0.05) is 23.3 Å². The highest BCUT2D eigenvalue weighted by Gasteiger charge is 2.46. The normalized spacial score (nSPS) is 29.6. The summed E-state index contributed by atoms with van der Waals surface area (Å²) in [5.41, 5.74) is 0.508. The third-order valence-electron chi connectivity index (χ3n) is 3.89. The van der Waals surface area contributed by atoms with Crippen molar-refractivity contribution in [3.05, 3.63) is 34.9 Å². The Bertz CT molecular complexity index is 494. The van der Waals surface area contributed by atoms with E-state index in [0.29, 0.717) is 29.2 Å². The molecule has 2 saturated carbocycles. The van der Waals surface area contributed by atoms with Crippen molar-refractivity contribution in [2.45, 2.75) is 25.4 Å². The molecule has 2 aliphatic carbocycles. The summed E-state index contributed by atoms with van der Waals surface area (Å²) >= 11 is 5.76. The molecule has 94 valence electrons. The molecule has 0 spiro atoms. The Morgan fingerprint density at radius 2 is 1.94 bits per heavy atom. The van der Waals surface area contributed by atoms with Crippen molar-refractivity contribution in [2.24, 2.45) is 11.8 Å². The van der Waals surface area contributed by atoms with Gasteiger partial charge in [-0.3, -0.25) is 4.79 Å². The Balaban J connectivity index is 1.66. The molecule has 4 heteroatoms. The molecule has 1 aromatic rings. The smallest absolute Gasteiger partial charge is 0.338 e. The molecule has 0 saturated heterocycles. The molecule has 0 heterocycles. The van der Waals surface area contributed by atoms with E-state index in [1.165, 1.54) is 0 Å². The van der Waals surface area contributed by atoms with Gasteiger partial charge in [0.25, 0.3) is 0 Å². The van der Waals surface area contributed by atoms with E-state index < -0.39 is 0 Å². The summed E-state index contributed by atoms with van der Waals surface area (Å²) in [4.78, 5) is 23.3. The summed E-state index contributed by atoms with van der Waals surface area (Å²) in [7, 11) is 0. The van der Waals surface area contributed by atoms with Crippen LogP contribution in [0.3, 0.4) is 0 Å². The van der Waals surface area contributed by atoms with Gasteiger partial charge < -0.3 is 4.74 Å². The number of benzene rings is 1. The van der Waals surface area contributed by atoms with Gasteiger partial charge in [-0.25, -0.2) is 4.79 Å². The number of hydrogen-bond acceptors (Lipinski definition) is 3. The van der Waals surface area contributed by atoms with E-state index in [9.17, 15) is 9.59 Å². The Labute approximate surface area is 110 Å². The third-order valence-corrected chi connectivity index (χ3v) is 4.14. The van der Waals surface area contributed by atoms with Gasteiger partial charge in [-0.1, -0.05) is 11.6 Å². The van der Waals surface area contributed by atoms with Gasteiger partial charge in [-0.05, 0) is 37.1 Å². The number of rotatable bonds is 2. The van der Waals surface area contributed by atoms with Gasteiger partial charge in [0.1, 0.15) is 11.9 Å². The van der Waals surface area contributed by atoms with E-state index in [1.54, 1.807) is 24.3 Å². The second kappa shape index (κ2) is 4.39. The maximum atomic E-state index is 11.9. The fraction of sp³-hybridized carbons (Fsp3) is 0.429. The Morgan fingerprint density at radius 1 is 1.22 bits per heavy atom. The highest BCUT2D eigenvalue weighted by molar-refractivity contribution is 6.30. The monoisotopic (exact) mass is 264 g/mol. The summed E-state index contributed by atoms with van der Waals surface area (Å²) in [6, 6.07) is 6.65. The summed E-state index contributed by atoms with van der Waals surface area (Å²) in [5.74, 6) is 0.368. The molecule has 0 radical (unpaired) electrons. The van der Waals surface area contributed by atoms with E-state index in [1.807, 2.05) is 0 Å². The van der Waals surface area contributed by atoms with Gasteiger partial charge in [0.15, 0.2) is 0 Å². The van der Waals surface area contributed by atoms with Gasteiger partial charge in [-0.15, -0.1) is 0 Å². The summed E-state index contributed by atoms with van der Waals surface area (Å²) in [6.07, 6.45) is 2.07. The van der Waals surface area contributed by atoms with E-state index in [4.69, 9.17) is 16.3 Å². The lowest BCUT2D eigenvalue weighted by molar-refractivity contribution is -0.123. The number of hydrogen-bond donors (Lipinski definition) is 0. The topological polar surface area (TPSA) is 43.4 Å². The van der Waals surface area contributed by atoms with Crippen molar-refractivity contribution in [3.8, 4) is 0 Å². The second-order valence-electron chi connectivity index (χ2n) is 5.05. The maximum absolute atomic E-state index is 11.9. The first-order valence-electron chi connectivity index (χ1n) is 6.13. The fourth-order valence-electron chi connectivity index (χ4n) is 2.92. The highest BCUT2D eigenvalue weighted by Crippen LogP contribution is 2.43. The number of ketones is 1. The minimum atomic E-state index is -0.323. The minimum absolute atomic E-state index is 0.0871. The van der Waals surface area contributed by atoms with E-state index in [0.717, 1.165) is 6.42 Å². The quantitative estimate of drug-likeness (QED) is 0.772. The average Bonchev–Trinajstić information content (AvgIpc) is 2.88. The van der Waals surface area contributed by atoms with Crippen molar-refractivity contribution >= 4 is 23.4 Å². The zero-order chi connectivity index (χ0) is 12.7. The standard InChI is InChI=1S/C14H13ClO3/c15-11-3-1-8(2-4-11)14(17)18-13-7-9-5-10(13)6-12(9)16/h1-4,9-10,13H,5-7H2/t9-,10-,13+/m0/s1. The van der Waals surface area contributed by atoms with Gasteiger partial charge in [0.05, 0.1) is 5.56 Å². The first kappa shape index (κ1) is 11.7. The molecule has 0 amide bonds. The van der Waals surface area contributed by atoms with Crippen LogP contribution in [0.5, 0.6) is 0 Å². The molecule has 2 bridgehead atoms. The van der Waals surface area contributed by atoms with Crippen LogP contribution in [0.15, 0.2) is 24.3 Å². The lowest BCUT2D eigenvalue weighted by atomic mass is 9.96. The number of halogens is 1. The molecule has 0 aliphatic heterocycles. The molecule has 2 fully saturated rings. The van der Waals surface area contributed by atoms with Crippen molar-refractivity contribution in [1.82, 2.24) is 0 Å². The molecule has 1 aromatic carbocycles. The summed E-state index contributed by atoms with van der Waals surface area (Å²) in [6.45, 7) is 0. The molecular formula is C14H13ClO3. The van der Waals surface area contributed by atoms with Crippen LogP contribution < -0.4 is 0 Å². The number of fused-ring (bicyclic) bond motifs is 2. The van der Waals surface area contributed by atoms with Crippen LogP contribution in [0.1, 0.15) is 29.6 Å². The number of esters is 1. The van der Waals surface area contributed by atoms with E-state index in [2.05, 4.69) is 0 Å². The van der Waals surface area contributed by atoms with Crippen molar-refractivity contribution in [2.75, 3.05) is 0 Å². The Kier molecular flexibility index (Phi) is 2.86. The molecule has 18 heavy (non-hydrogen) atoms. The lowest BCUT2D eigenvalue weighted by Gasteiger charge is -2.21. The fourth-order valence-corrected chi connectivity index (χ4v) is 3.05. The largest absolute Gasteiger partial charge is 0.458 e. The van der Waals surface area contributed by atoms with E-state index >= 15 is 0 Å². The SMILES string of the molecule is O=C(O[C@@H]1C[C@@H]2C[C@H]1CC2=O)c1ccc(Cl)cc1. The number of carbonyl (C=O) groups excluding carboxylic acids is 2. The van der Waals surface area contributed by atoms with Gasteiger partial charge in [-0.2, -0.15) is 0 Å². The molecular weight excluding hydrogens is 252 g/mol. The zero-order valence-corrected chi connectivity index (χ0v) is 10.5. The Hall–Kier alpha value is -1.35. The number of Topliss-reactive ketones (excluding diaryl/α,β-unsaturated/α-hetero) is 1. The van der Waals surface area contributed by atoms with Crippen molar-refractivity contribution in [3.63, 3.8) is 0 Å². The third kappa shape index (κ3) is 2.03. The molecule has 3 rings (SSSR count). The Morgan fingerprint density at radius 3 is 2.50 bits per heavy atom. The summed E-state index contributed by atoms with van der Waals surface area (Å²) < 4.78 is 5.49. The molecule has 3 atom stereocenters. The molecule has 0 unspecified atom stereocenters. The number of ether oxygens (including phenoxy) is 1. The maximum Gasteiger partial charge on any atom is 0.338 e. The van der Waals surface area contributed by atoms with Gasteiger partial charge in [0.2, 0.25) is 0 Å². The second-order valence-corrected chi connectivity index (χ2v) is 5.49. The van der Waals surface area contributed by atoms with Crippen LogP contribution in [0.25, 0.3) is 0 Å². The van der Waals surface area contributed by atoms with Crippen molar-refractivity contribution < 1.29 is 14.3 Å². The van der Waals surface area contributed by atoms with Crippen LogP contribution in [0, 0.1) is 11.8 Å². The van der Waals surface area contributed by atoms with Crippen LogP contribution >= 0.6 is 11.6 Å². The predicted molar refractivity (Wildman–Crippen MR) is 66.5 cm³/mol. The molecule has 2 aliphatic rings. The minimum Gasteiger partial charge on any atom is -0.458 e. The first-order valence-corrected chi connectivity index (χ1v) is 6.50. The van der Waals surface area contributed by atoms with Crippen LogP contribution in [-0.2, 0) is 9.53 Å². The first-order chi connectivity index (χ1) is 8.63. The summed E-state index contributed by atoms with van der Waals surface area (Å²) in [5, 5.41) is 0.595. The average molecular weight is 265 g/mol. The zero-order valence-electron chi connectivity index (χ0n) is 9.77. The van der Waals surface area contributed by atoms with Gasteiger partial charge >= 0.3 is 5.97 Å². The van der Waals surface area contributed by atoms with Crippen LogP contribution in [-0.4, -0.2) is 17.9 Å². The molecule has 3 nitrogen and oxygen atoms in total. The van der Waals surface area contributed by atoms with E-state index in [-0.39, 0.29) is 23.9 Å². The van der Waals surface area contributed by atoms with Crippen molar-refractivity contribution in [1.29, 1.82) is 0 Å². The molecule has 0 N–H and O–H groups in total. The highest BCUT2D eigenvalue weighted by atomic mass is 35.5. The lowest BCUT2D eigenvalue weighted by Crippen LogP contribution is -2.27. The number of carbonyl (C=O) groups is 2. The van der Waals surface area contributed by atoms with Crippen LogP contribution in [0.4, 0.5) is 0 Å².